The quantitative estimate of drug-likeness (QED) is 0.767. The molecule has 2 aromatic heterocycles. The van der Waals surface area contributed by atoms with Crippen molar-refractivity contribution in [2.75, 3.05) is 12.4 Å². The number of methoxy groups -OCH3 is 1. The molecule has 7 nitrogen and oxygen atoms in total. The molecule has 3 heterocycles. The van der Waals surface area contributed by atoms with Gasteiger partial charge in [0.15, 0.2) is 11.5 Å². The molecule has 25 heavy (non-hydrogen) atoms. The molecule has 126 valence electrons. The van der Waals surface area contributed by atoms with Crippen molar-refractivity contribution in [2.24, 2.45) is 0 Å². The maximum absolute atomic E-state index is 12.3. The molecule has 0 saturated heterocycles. The van der Waals surface area contributed by atoms with Crippen molar-refractivity contribution in [1.29, 1.82) is 0 Å². The Morgan fingerprint density at radius 3 is 3.00 bits per heavy atom. The van der Waals surface area contributed by atoms with Gasteiger partial charge in [0.25, 0.3) is 0 Å². The number of hydrogen-bond donors (Lipinski definition) is 2. The molecule has 0 fully saturated rings. The number of rotatable bonds is 3. The number of carbonyl (C=O) groups is 1. The highest BCUT2D eigenvalue weighted by atomic mass is 16.5. The highest BCUT2D eigenvalue weighted by Gasteiger charge is 2.31. The van der Waals surface area contributed by atoms with E-state index in [4.69, 9.17) is 4.74 Å². The van der Waals surface area contributed by atoms with Gasteiger partial charge < -0.3 is 15.2 Å². The summed E-state index contributed by atoms with van der Waals surface area (Å²) in [6.45, 7) is 0. The van der Waals surface area contributed by atoms with Crippen LogP contribution < -0.4 is 10.1 Å². The number of benzene rings is 1. The monoisotopic (exact) mass is 336 g/mol. The van der Waals surface area contributed by atoms with Crippen LogP contribution in [0.15, 0.2) is 49.1 Å². The Kier molecular flexibility index (Phi) is 3.61. The van der Waals surface area contributed by atoms with E-state index in [9.17, 15) is 9.90 Å². The van der Waals surface area contributed by atoms with Gasteiger partial charge in [0.2, 0.25) is 5.91 Å². The largest absolute Gasteiger partial charge is 0.504 e. The highest BCUT2D eigenvalue weighted by Crippen LogP contribution is 2.39. The number of anilines is 1. The van der Waals surface area contributed by atoms with Crippen LogP contribution >= 0.6 is 0 Å². The Bertz CT molecular complexity index is 937. The maximum Gasteiger partial charge on any atom is 0.226 e. The molecule has 0 unspecified atom stereocenters. The van der Waals surface area contributed by atoms with Gasteiger partial charge in [0.05, 0.1) is 24.7 Å². The van der Waals surface area contributed by atoms with E-state index in [0.717, 1.165) is 16.9 Å². The van der Waals surface area contributed by atoms with Crippen LogP contribution in [0.3, 0.4) is 0 Å². The average Bonchev–Trinajstić information content (AvgIpc) is 3.06. The Labute approximate surface area is 143 Å². The number of pyridine rings is 1. The lowest BCUT2D eigenvalue weighted by molar-refractivity contribution is -0.116. The van der Waals surface area contributed by atoms with Crippen molar-refractivity contribution in [2.45, 2.75) is 12.3 Å². The molecular formula is C18H16N4O3. The number of nitrogens with zero attached hydrogens (tertiary/aromatic N) is 3. The second-order valence-electron chi connectivity index (χ2n) is 5.80. The zero-order valence-corrected chi connectivity index (χ0v) is 13.5. The number of hydrogen-bond acceptors (Lipinski definition) is 5. The van der Waals surface area contributed by atoms with Crippen molar-refractivity contribution in [3.05, 3.63) is 60.3 Å². The van der Waals surface area contributed by atoms with Crippen LogP contribution in [0.25, 0.3) is 5.69 Å². The van der Waals surface area contributed by atoms with Crippen molar-refractivity contribution >= 4 is 11.7 Å². The summed E-state index contributed by atoms with van der Waals surface area (Å²) in [4.78, 5) is 20.9. The Balaban J connectivity index is 1.81. The maximum atomic E-state index is 12.3. The minimum Gasteiger partial charge on any atom is -0.504 e. The van der Waals surface area contributed by atoms with Gasteiger partial charge in [-0.05, 0) is 29.8 Å². The van der Waals surface area contributed by atoms with E-state index in [0.29, 0.717) is 11.6 Å². The summed E-state index contributed by atoms with van der Waals surface area (Å²) in [6.07, 6.45) is 5.36. The first-order valence-electron chi connectivity index (χ1n) is 7.81. The van der Waals surface area contributed by atoms with Crippen LogP contribution in [-0.2, 0) is 4.79 Å². The van der Waals surface area contributed by atoms with Gasteiger partial charge in [-0.2, -0.15) is 0 Å². The van der Waals surface area contributed by atoms with Crippen LogP contribution in [-0.4, -0.2) is 32.7 Å². The molecule has 0 aliphatic carbocycles. The molecule has 0 radical (unpaired) electrons. The van der Waals surface area contributed by atoms with Gasteiger partial charge in [-0.25, -0.2) is 4.98 Å². The molecular weight excluding hydrogens is 320 g/mol. The molecule has 1 aliphatic heterocycles. The summed E-state index contributed by atoms with van der Waals surface area (Å²) in [5, 5.41) is 12.7. The van der Waals surface area contributed by atoms with Crippen LogP contribution in [0.5, 0.6) is 11.5 Å². The van der Waals surface area contributed by atoms with Crippen molar-refractivity contribution in [3.63, 3.8) is 0 Å². The molecule has 4 rings (SSSR count). The zero-order valence-electron chi connectivity index (χ0n) is 13.5. The predicted molar refractivity (Wildman–Crippen MR) is 91.1 cm³/mol. The van der Waals surface area contributed by atoms with Gasteiger partial charge in [-0.1, -0.05) is 6.07 Å². The Morgan fingerprint density at radius 2 is 2.24 bits per heavy atom. The molecule has 0 spiro atoms. The molecule has 1 aromatic carbocycles. The second-order valence-corrected chi connectivity index (χ2v) is 5.80. The fourth-order valence-corrected chi connectivity index (χ4v) is 3.09. The number of imidazole rings is 1. The lowest BCUT2D eigenvalue weighted by Crippen LogP contribution is -2.24. The summed E-state index contributed by atoms with van der Waals surface area (Å²) >= 11 is 0. The number of amides is 1. The molecule has 0 saturated carbocycles. The number of carbonyl (C=O) groups excluding carboxylic acids is 1. The molecule has 3 aromatic rings. The van der Waals surface area contributed by atoms with Crippen LogP contribution in [0.4, 0.5) is 5.82 Å². The topological polar surface area (TPSA) is 89.3 Å². The smallest absolute Gasteiger partial charge is 0.226 e. The number of aromatic hydroxyl groups is 1. The number of phenolic OH excluding ortho intramolecular Hbond substituents is 1. The molecule has 7 heteroatoms. The van der Waals surface area contributed by atoms with Crippen molar-refractivity contribution in [3.8, 4) is 17.2 Å². The third kappa shape index (κ3) is 2.59. The van der Waals surface area contributed by atoms with Gasteiger partial charge >= 0.3 is 0 Å². The highest BCUT2D eigenvalue weighted by molar-refractivity contribution is 5.94. The van der Waals surface area contributed by atoms with E-state index in [2.05, 4.69) is 15.3 Å². The normalized spacial score (nSPS) is 16.2. The van der Waals surface area contributed by atoms with Gasteiger partial charge in [-0.3, -0.25) is 14.3 Å². The number of phenols is 1. The van der Waals surface area contributed by atoms with E-state index in [-0.39, 0.29) is 24.0 Å². The number of fused-ring (bicyclic) bond motifs is 1. The summed E-state index contributed by atoms with van der Waals surface area (Å²) in [5.41, 5.74) is 2.46. The SMILES string of the molecule is COc1cc([C@H]2CC(=O)Nc3c2ncn3-c2cccnc2)ccc1O. The molecule has 0 bridgehead atoms. The number of aromatic nitrogens is 3. The van der Waals surface area contributed by atoms with Gasteiger partial charge in [-0.15, -0.1) is 0 Å². The minimum absolute atomic E-state index is 0.0626. The van der Waals surface area contributed by atoms with Gasteiger partial charge in [0, 0.05) is 18.5 Å². The van der Waals surface area contributed by atoms with Crippen molar-refractivity contribution < 1.29 is 14.6 Å². The zero-order chi connectivity index (χ0) is 17.4. The minimum atomic E-state index is -0.212. The standard InChI is InChI=1S/C18H16N4O3/c1-25-15-7-11(4-5-14(15)23)13-8-16(24)21-18-17(13)20-10-22(18)12-3-2-6-19-9-12/h2-7,9-10,13,23H,8H2,1H3,(H,21,24)/t13-/m1/s1. The second kappa shape index (κ2) is 5.94. The fraction of sp³-hybridized carbons (Fsp3) is 0.167. The molecule has 1 aliphatic rings. The third-order valence-electron chi connectivity index (χ3n) is 4.30. The van der Waals surface area contributed by atoms with E-state index >= 15 is 0 Å². The summed E-state index contributed by atoms with van der Waals surface area (Å²) in [6, 6.07) is 8.82. The Hall–Kier alpha value is -3.35. The third-order valence-corrected chi connectivity index (χ3v) is 4.30. The number of ether oxygens (including phenoxy) is 1. The molecule has 1 atom stereocenters. The van der Waals surface area contributed by atoms with E-state index in [1.54, 1.807) is 36.9 Å². The summed E-state index contributed by atoms with van der Waals surface area (Å²) in [5.74, 6) is 0.775. The van der Waals surface area contributed by atoms with Crippen LogP contribution in [0.2, 0.25) is 0 Å². The lowest BCUT2D eigenvalue weighted by atomic mass is 9.89. The first-order chi connectivity index (χ1) is 12.2. The van der Waals surface area contributed by atoms with Crippen LogP contribution in [0, 0.1) is 0 Å². The number of nitrogens with one attached hydrogen (secondary N) is 1. The van der Waals surface area contributed by atoms with E-state index < -0.39 is 0 Å². The van der Waals surface area contributed by atoms with E-state index in [1.807, 2.05) is 16.7 Å². The molecule has 1 amide bonds. The lowest BCUT2D eigenvalue weighted by Gasteiger charge is -2.23. The summed E-state index contributed by atoms with van der Waals surface area (Å²) in [7, 11) is 1.50. The molecule has 2 N–H and O–H groups in total. The van der Waals surface area contributed by atoms with Crippen LogP contribution in [0.1, 0.15) is 23.6 Å². The Morgan fingerprint density at radius 1 is 1.36 bits per heavy atom. The van der Waals surface area contributed by atoms with Gasteiger partial charge in [0.1, 0.15) is 12.1 Å². The average molecular weight is 336 g/mol. The fourth-order valence-electron chi connectivity index (χ4n) is 3.09. The first-order valence-corrected chi connectivity index (χ1v) is 7.81. The van der Waals surface area contributed by atoms with E-state index in [1.165, 1.54) is 7.11 Å². The predicted octanol–water partition coefficient (Wildman–Crippen LogP) is 2.46. The summed E-state index contributed by atoms with van der Waals surface area (Å²) < 4.78 is 6.99. The van der Waals surface area contributed by atoms with Crippen molar-refractivity contribution in [1.82, 2.24) is 14.5 Å². The first kappa shape index (κ1) is 15.2.